The molecular formula is C13H21NO2. The molecule has 1 heterocycles. The molecule has 2 aliphatic rings. The van der Waals surface area contributed by atoms with Gasteiger partial charge in [-0.05, 0) is 37.5 Å². The van der Waals surface area contributed by atoms with Crippen LogP contribution in [-0.2, 0) is 9.53 Å². The molecule has 0 aromatic heterocycles. The summed E-state index contributed by atoms with van der Waals surface area (Å²) in [5.74, 6) is -0.120. The Hall–Kier alpha value is -0.860. The van der Waals surface area contributed by atoms with Gasteiger partial charge in [0.15, 0.2) is 0 Å². The molecule has 0 radical (unpaired) electrons. The smallest absolute Gasteiger partial charge is 0.331 e. The van der Waals surface area contributed by atoms with Crippen LogP contribution in [0.3, 0.4) is 0 Å². The summed E-state index contributed by atoms with van der Waals surface area (Å²) in [6, 6.07) is -0.260. The van der Waals surface area contributed by atoms with Gasteiger partial charge in [0.05, 0.1) is 5.71 Å². The predicted molar refractivity (Wildman–Crippen MR) is 63.6 cm³/mol. The molecule has 0 spiro atoms. The zero-order valence-electron chi connectivity index (χ0n) is 10.5. The number of carbonyl (C=O) groups excluding carboxylic acids is 1. The van der Waals surface area contributed by atoms with Gasteiger partial charge in [-0.25, -0.2) is 4.79 Å². The second-order valence-electron chi connectivity index (χ2n) is 6.07. The van der Waals surface area contributed by atoms with E-state index in [4.69, 9.17) is 4.74 Å². The van der Waals surface area contributed by atoms with Crippen molar-refractivity contribution in [1.29, 1.82) is 0 Å². The third kappa shape index (κ3) is 2.63. The van der Waals surface area contributed by atoms with Gasteiger partial charge in [-0.3, -0.25) is 4.99 Å². The Bertz CT molecular complexity index is 314. The summed E-state index contributed by atoms with van der Waals surface area (Å²) in [4.78, 5) is 16.4. The predicted octanol–water partition coefficient (Wildman–Crippen LogP) is 2.73. The molecule has 2 atom stereocenters. The first kappa shape index (κ1) is 11.6. The van der Waals surface area contributed by atoms with Crippen LogP contribution in [0.25, 0.3) is 0 Å². The van der Waals surface area contributed by atoms with Crippen molar-refractivity contribution in [2.75, 3.05) is 0 Å². The zero-order valence-corrected chi connectivity index (χ0v) is 10.5. The van der Waals surface area contributed by atoms with E-state index in [0.717, 1.165) is 31.4 Å². The quantitative estimate of drug-likeness (QED) is 0.641. The lowest BCUT2D eigenvalue weighted by atomic mass is 9.87. The van der Waals surface area contributed by atoms with Crippen LogP contribution in [0, 0.1) is 5.41 Å². The lowest BCUT2D eigenvalue weighted by Crippen LogP contribution is -2.41. The van der Waals surface area contributed by atoms with E-state index in [1.54, 1.807) is 0 Å². The standard InChI is InChI=1S/C13H21NO2/c1-13(2,3)8-10-12(15)16-11-7-5-4-6-9(11)14-10/h10-11H,4-8H2,1-3H3/t10-,11-/m0/s1. The molecular weight excluding hydrogens is 202 g/mol. The number of aliphatic imine (C=N–C) groups is 1. The van der Waals surface area contributed by atoms with Crippen molar-refractivity contribution < 1.29 is 9.53 Å². The van der Waals surface area contributed by atoms with Crippen molar-refractivity contribution in [2.45, 2.75) is 65.0 Å². The third-order valence-electron chi connectivity index (χ3n) is 3.18. The largest absolute Gasteiger partial charge is 0.455 e. The van der Waals surface area contributed by atoms with Gasteiger partial charge in [0.1, 0.15) is 12.1 Å². The molecule has 0 saturated heterocycles. The highest BCUT2D eigenvalue weighted by atomic mass is 16.5. The van der Waals surface area contributed by atoms with E-state index in [1.807, 2.05) is 0 Å². The van der Waals surface area contributed by atoms with Gasteiger partial charge in [-0.2, -0.15) is 0 Å². The summed E-state index contributed by atoms with van der Waals surface area (Å²) in [5.41, 5.74) is 1.25. The summed E-state index contributed by atoms with van der Waals surface area (Å²) >= 11 is 0. The Morgan fingerprint density at radius 2 is 2.12 bits per heavy atom. The number of ether oxygens (including phenoxy) is 1. The molecule has 1 saturated carbocycles. The number of carbonyl (C=O) groups is 1. The highest BCUT2D eigenvalue weighted by molar-refractivity contribution is 5.96. The minimum Gasteiger partial charge on any atom is -0.455 e. The van der Waals surface area contributed by atoms with E-state index < -0.39 is 0 Å². The number of esters is 1. The van der Waals surface area contributed by atoms with E-state index >= 15 is 0 Å². The third-order valence-corrected chi connectivity index (χ3v) is 3.18. The van der Waals surface area contributed by atoms with Crippen molar-refractivity contribution in [3.8, 4) is 0 Å². The average molecular weight is 223 g/mol. The second-order valence-corrected chi connectivity index (χ2v) is 6.07. The number of nitrogens with zero attached hydrogens (tertiary/aromatic N) is 1. The SMILES string of the molecule is CC(C)(C)C[C@@H]1N=C2CCCC[C@@H]2OC1=O. The van der Waals surface area contributed by atoms with Gasteiger partial charge in [0.2, 0.25) is 0 Å². The van der Waals surface area contributed by atoms with Crippen molar-refractivity contribution in [2.24, 2.45) is 10.4 Å². The maximum atomic E-state index is 11.8. The van der Waals surface area contributed by atoms with Gasteiger partial charge >= 0.3 is 5.97 Å². The van der Waals surface area contributed by atoms with E-state index in [9.17, 15) is 4.79 Å². The van der Waals surface area contributed by atoms with Crippen molar-refractivity contribution in [3.63, 3.8) is 0 Å². The van der Waals surface area contributed by atoms with Crippen LogP contribution < -0.4 is 0 Å². The number of hydrogen-bond donors (Lipinski definition) is 0. The fourth-order valence-electron chi connectivity index (χ4n) is 2.42. The number of rotatable bonds is 1. The summed E-state index contributed by atoms with van der Waals surface area (Å²) in [6.07, 6.45) is 5.10. The fourth-order valence-corrected chi connectivity index (χ4v) is 2.42. The summed E-state index contributed by atoms with van der Waals surface area (Å²) < 4.78 is 5.48. The van der Waals surface area contributed by atoms with Crippen molar-refractivity contribution >= 4 is 11.7 Å². The van der Waals surface area contributed by atoms with Crippen LogP contribution in [0.1, 0.15) is 52.9 Å². The van der Waals surface area contributed by atoms with Crippen LogP contribution >= 0.6 is 0 Å². The molecule has 16 heavy (non-hydrogen) atoms. The monoisotopic (exact) mass is 223 g/mol. The Kier molecular flexibility index (Phi) is 3.04. The van der Waals surface area contributed by atoms with Crippen LogP contribution in [0.4, 0.5) is 0 Å². The molecule has 90 valence electrons. The van der Waals surface area contributed by atoms with E-state index in [1.165, 1.54) is 6.42 Å². The maximum absolute atomic E-state index is 11.8. The van der Waals surface area contributed by atoms with Gasteiger partial charge in [0.25, 0.3) is 0 Å². The van der Waals surface area contributed by atoms with Crippen molar-refractivity contribution in [1.82, 2.24) is 0 Å². The Morgan fingerprint density at radius 3 is 2.81 bits per heavy atom. The summed E-state index contributed by atoms with van der Waals surface area (Å²) in [7, 11) is 0. The first-order valence-electron chi connectivity index (χ1n) is 6.23. The first-order chi connectivity index (χ1) is 7.46. The highest BCUT2D eigenvalue weighted by Gasteiger charge is 2.35. The van der Waals surface area contributed by atoms with Crippen LogP contribution in [0.2, 0.25) is 0 Å². The molecule has 0 N–H and O–H groups in total. The minimum absolute atomic E-state index is 0.00234. The van der Waals surface area contributed by atoms with Gasteiger partial charge < -0.3 is 4.74 Å². The molecule has 0 bridgehead atoms. The lowest BCUT2D eigenvalue weighted by molar-refractivity contribution is -0.150. The molecule has 2 rings (SSSR count). The molecule has 0 aromatic rings. The Morgan fingerprint density at radius 1 is 1.38 bits per heavy atom. The van der Waals surface area contributed by atoms with Gasteiger partial charge in [0, 0.05) is 0 Å². The summed E-state index contributed by atoms with van der Waals surface area (Å²) in [5, 5.41) is 0. The molecule has 0 amide bonds. The minimum atomic E-state index is -0.260. The normalized spacial score (nSPS) is 30.4. The number of fused-ring (bicyclic) bond motifs is 1. The number of hydrogen-bond acceptors (Lipinski definition) is 3. The molecule has 0 aromatic carbocycles. The average Bonchev–Trinajstić information content (AvgIpc) is 2.17. The van der Waals surface area contributed by atoms with E-state index in [-0.39, 0.29) is 23.5 Å². The second kappa shape index (κ2) is 4.19. The summed E-state index contributed by atoms with van der Waals surface area (Å²) in [6.45, 7) is 6.40. The molecule has 0 unspecified atom stereocenters. The Labute approximate surface area is 97.3 Å². The van der Waals surface area contributed by atoms with E-state index in [0.29, 0.717) is 0 Å². The first-order valence-corrected chi connectivity index (χ1v) is 6.23. The Balaban J connectivity index is 2.11. The highest BCUT2D eigenvalue weighted by Crippen LogP contribution is 2.29. The zero-order chi connectivity index (χ0) is 11.8. The van der Waals surface area contributed by atoms with Crippen LogP contribution in [-0.4, -0.2) is 23.8 Å². The molecule has 1 fully saturated rings. The maximum Gasteiger partial charge on any atom is 0.331 e. The van der Waals surface area contributed by atoms with Crippen LogP contribution in [0.15, 0.2) is 4.99 Å². The van der Waals surface area contributed by atoms with Crippen molar-refractivity contribution in [3.05, 3.63) is 0 Å². The van der Waals surface area contributed by atoms with Gasteiger partial charge in [-0.15, -0.1) is 0 Å². The molecule has 3 heteroatoms. The topological polar surface area (TPSA) is 38.7 Å². The molecule has 1 aliphatic heterocycles. The van der Waals surface area contributed by atoms with Crippen LogP contribution in [0.5, 0.6) is 0 Å². The van der Waals surface area contributed by atoms with Gasteiger partial charge in [-0.1, -0.05) is 20.8 Å². The molecule has 3 nitrogen and oxygen atoms in total. The fraction of sp³-hybridized carbons (Fsp3) is 0.846. The van der Waals surface area contributed by atoms with E-state index in [2.05, 4.69) is 25.8 Å². The lowest BCUT2D eigenvalue weighted by Gasteiger charge is -2.32. The molecule has 1 aliphatic carbocycles.